The van der Waals surface area contributed by atoms with E-state index in [1.54, 1.807) is 17.5 Å². The van der Waals surface area contributed by atoms with Gasteiger partial charge < -0.3 is 11.1 Å². The van der Waals surface area contributed by atoms with E-state index >= 15 is 0 Å². The number of hydrogen-bond acceptors (Lipinski definition) is 4. The highest BCUT2D eigenvalue weighted by molar-refractivity contribution is 7.80. The summed E-state index contributed by atoms with van der Waals surface area (Å²) in [4.78, 5) is 6.12. The van der Waals surface area contributed by atoms with Gasteiger partial charge in [-0.1, -0.05) is 31.6 Å². The molecule has 1 unspecified atom stereocenters. The van der Waals surface area contributed by atoms with Gasteiger partial charge in [0.1, 0.15) is 10.8 Å². The van der Waals surface area contributed by atoms with Gasteiger partial charge in [0.15, 0.2) is 0 Å². The van der Waals surface area contributed by atoms with Crippen LogP contribution in [0.4, 0.5) is 5.82 Å². The van der Waals surface area contributed by atoms with Gasteiger partial charge in [0.2, 0.25) is 0 Å². The predicted octanol–water partition coefficient (Wildman–Crippen LogP) is 4.04. The Kier molecular flexibility index (Phi) is 5.09. The lowest BCUT2D eigenvalue weighted by atomic mass is 10.1. The Morgan fingerprint density at radius 2 is 2.30 bits per heavy atom. The summed E-state index contributed by atoms with van der Waals surface area (Å²) in [6.07, 6.45) is 3.94. The topological polar surface area (TPSA) is 50.9 Å². The number of nitrogens with two attached hydrogens (primary N) is 1. The number of hydrogen-bond donors (Lipinski definition) is 2. The summed E-state index contributed by atoms with van der Waals surface area (Å²) in [6, 6.07) is 6.40. The highest BCUT2D eigenvalue weighted by Gasteiger charge is 2.16. The van der Waals surface area contributed by atoms with Crippen LogP contribution in [0.15, 0.2) is 29.8 Å². The summed E-state index contributed by atoms with van der Waals surface area (Å²) in [5.41, 5.74) is 7.74. The normalized spacial score (nSPS) is 12.1. The molecule has 0 aliphatic rings. The van der Waals surface area contributed by atoms with Crippen molar-refractivity contribution in [3.8, 4) is 0 Å². The fraction of sp³-hybridized carbons (Fsp3) is 0.333. The molecule has 0 aliphatic carbocycles. The van der Waals surface area contributed by atoms with Crippen molar-refractivity contribution >= 4 is 34.4 Å². The van der Waals surface area contributed by atoms with Crippen molar-refractivity contribution < 1.29 is 0 Å². The summed E-state index contributed by atoms with van der Waals surface area (Å²) >= 11 is 6.91. The lowest BCUT2D eigenvalue weighted by Gasteiger charge is -2.20. The third kappa shape index (κ3) is 3.35. The molecule has 0 spiro atoms. The number of aryl methyl sites for hydroxylation is 1. The van der Waals surface area contributed by atoms with Crippen LogP contribution in [0.2, 0.25) is 0 Å². The molecular weight excluding hydrogens is 286 g/mol. The number of aromatic nitrogens is 1. The van der Waals surface area contributed by atoms with Crippen LogP contribution in [0, 0.1) is 6.92 Å². The third-order valence-electron chi connectivity index (χ3n) is 3.18. The maximum atomic E-state index is 5.84. The summed E-state index contributed by atoms with van der Waals surface area (Å²) in [5.74, 6) is 0.782. The molecular formula is C15H19N3S2. The van der Waals surface area contributed by atoms with Crippen molar-refractivity contribution in [2.75, 3.05) is 5.32 Å². The van der Waals surface area contributed by atoms with E-state index in [1.165, 1.54) is 4.88 Å². The molecule has 0 amide bonds. The molecule has 2 aromatic heterocycles. The zero-order chi connectivity index (χ0) is 14.5. The fourth-order valence-corrected chi connectivity index (χ4v) is 3.28. The van der Waals surface area contributed by atoms with Crippen LogP contribution >= 0.6 is 23.6 Å². The molecule has 2 rings (SSSR count). The van der Waals surface area contributed by atoms with Crippen LogP contribution in [0.25, 0.3) is 0 Å². The molecule has 2 heterocycles. The zero-order valence-electron chi connectivity index (χ0n) is 11.7. The second kappa shape index (κ2) is 6.81. The molecule has 3 nitrogen and oxygen atoms in total. The van der Waals surface area contributed by atoms with Gasteiger partial charge in [-0.3, -0.25) is 0 Å². The van der Waals surface area contributed by atoms with Gasteiger partial charge in [-0.2, -0.15) is 0 Å². The molecule has 0 saturated carbocycles. The minimum absolute atomic E-state index is 0.252. The molecule has 0 bridgehead atoms. The molecule has 20 heavy (non-hydrogen) atoms. The van der Waals surface area contributed by atoms with E-state index in [0.29, 0.717) is 4.99 Å². The highest BCUT2D eigenvalue weighted by atomic mass is 32.1. The quantitative estimate of drug-likeness (QED) is 0.791. The molecule has 0 saturated heterocycles. The monoisotopic (exact) mass is 305 g/mol. The number of thiocarbonyl (C=S) groups is 1. The third-order valence-corrected chi connectivity index (χ3v) is 4.37. The van der Waals surface area contributed by atoms with Gasteiger partial charge in [-0.05, 0) is 36.4 Å². The standard InChI is InChI=1S/C15H19N3S2/c1-3-5-11(12-6-4-9-20-12)18-15-13(14(16)19)10(2)7-8-17-15/h4,6-9,11H,3,5H2,1-2H3,(H2,16,19)(H,17,18). The summed E-state index contributed by atoms with van der Waals surface area (Å²) in [5, 5.41) is 5.60. The van der Waals surface area contributed by atoms with Crippen molar-refractivity contribution in [3.05, 3.63) is 45.8 Å². The molecule has 0 fully saturated rings. The molecule has 0 radical (unpaired) electrons. The number of rotatable bonds is 6. The smallest absolute Gasteiger partial charge is 0.136 e. The van der Waals surface area contributed by atoms with Gasteiger partial charge in [0.25, 0.3) is 0 Å². The maximum absolute atomic E-state index is 5.84. The SMILES string of the molecule is CCCC(Nc1nccc(C)c1C(N)=S)c1cccs1. The number of thiophene rings is 1. The van der Waals surface area contributed by atoms with Crippen LogP contribution in [0.3, 0.4) is 0 Å². The molecule has 0 aliphatic heterocycles. The zero-order valence-corrected chi connectivity index (χ0v) is 13.4. The Morgan fingerprint density at radius 1 is 1.50 bits per heavy atom. The molecule has 0 aromatic carbocycles. The van der Waals surface area contributed by atoms with Gasteiger partial charge >= 0.3 is 0 Å². The van der Waals surface area contributed by atoms with Gasteiger partial charge in [0, 0.05) is 11.1 Å². The lowest BCUT2D eigenvalue weighted by Crippen LogP contribution is -2.18. The van der Waals surface area contributed by atoms with E-state index in [1.807, 2.05) is 13.0 Å². The van der Waals surface area contributed by atoms with E-state index in [9.17, 15) is 0 Å². The highest BCUT2D eigenvalue weighted by Crippen LogP contribution is 2.28. The van der Waals surface area contributed by atoms with E-state index < -0.39 is 0 Å². The van der Waals surface area contributed by atoms with E-state index in [0.717, 1.165) is 29.8 Å². The Morgan fingerprint density at radius 3 is 2.90 bits per heavy atom. The molecule has 1 atom stereocenters. The van der Waals surface area contributed by atoms with Crippen LogP contribution in [0.1, 0.15) is 41.8 Å². The molecule has 3 N–H and O–H groups in total. The van der Waals surface area contributed by atoms with Gasteiger partial charge in [-0.25, -0.2) is 4.98 Å². The maximum Gasteiger partial charge on any atom is 0.136 e. The van der Waals surface area contributed by atoms with Gasteiger partial charge in [0.05, 0.1) is 11.6 Å². The largest absolute Gasteiger partial charge is 0.389 e. The van der Waals surface area contributed by atoms with Crippen LogP contribution in [-0.2, 0) is 0 Å². The first-order valence-electron chi connectivity index (χ1n) is 6.68. The number of nitrogens with zero attached hydrogens (tertiary/aromatic N) is 1. The van der Waals surface area contributed by atoms with Crippen molar-refractivity contribution in [1.82, 2.24) is 4.98 Å². The van der Waals surface area contributed by atoms with Crippen LogP contribution < -0.4 is 11.1 Å². The number of anilines is 1. The second-order valence-corrected chi connectivity index (χ2v) is 6.14. The van der Waals surface area contributed by atoms with E-state index in [4.69, 9.17) is 18.0 Å². The van der Waals surface area contributed by atoms with Crippen molar-refractivity contribution in [3.63, 3.8) is 0 Å². The number of pyridine rings is 1. The predicted molar refractivity (Wildman–Crippen MR) is 90.5 cm³/mol. The molecule has 106 valence electrons. The summed E-state index contributed by atoms with van der Waals surface area (Å²) in [6.45, 7) is 4.18. The average molecular weight is 305 g/mol. The lowest BCUT2D eigenvalue weighted by molar-refractivity contribution is 0.684. The minimum Gasteiger partial charge on any atom is -0.389 e. The Labute approximate surface area is 129 Å². The first-order chi connectivity index (χ1) is 9.63. The molecule has 5 heteroatoms. The summed E-state index contributed by atoms with van der Waals surface area (Å²) in [7, 11) is 0. The second-order valence-electron chi connectivity index (χ2n) is 4.72. The first-order valence-corrected chi connectivity index (χ1v) is 7.97. The van der Waals surface area contributed by atoms with Crippen LogP contribution in [0.5, 0.6) is 0 Å². The van der Waals surface area contributed by atoms with Crippen molar-refractivity contribution in [2.45, 2.75) is 32.7 Å². The molecule has 2 aromatic rings. The number of nitrogens with one attached hydrogen (secondary N) is 1. The minimum atomic E-state index is 0.252. The van der Waals surface area contributed by atoms with E-state index in [-0.39, 0.29) is 6.04 Å². The first kappa shape index (κ1) is 14.9. The average Bonchev–Trinajstić information content (AvgIpc) is 2.91. The Balaban J connectivity index is 2.32. The summed E-state index contributed by atoms with van der Waals surface area (Å²) < 4.78 is 0. The Hall–Kier alpha value is -1.46. The Bertz CT molecular complexity index is 579. The van der Waals surface area contributed by atoms with Crippen LogP contribution in [-0.4, -0.2) is 9.97 Å². The van der Waals surface area contributed by atoms with Crippen molar-refractivity contribution in [1.29, 1.82) is 0 Å². The van der Waals surface area contributed by atoms with E-state index in [2.05, 4.69) is 34.7 Å². The van der Waals surface area contributed by atoms with Gasteiger partial charge in [-0.15, -0.1) is 11.3 Å². The fourth-order valence-electron chi connectivity index (χ4n) is 2.21. The van der Waals surface area contributed by atoms with Crippen molar-refractivity contribution in [2.24, 2.45) is 5.73 Å².